The van der Waals surface area contributed by atoms with Crippen LogP contribution in [0.2, 0.25) is 0 Å². The molecular formula is C28H33F3N6O3. The number of fused-ring (bicyclic) bond motifs is 2. The molecule has 5 rings (SSSR count). The molecule has 3 amide bonds. The van der Waals surface area contributed by atoms with Gasteiger partial charge in [-0.05, 0) is 44.7 Å². The Bertz CT molecular complexity index is 1340. The molecule has 0 radical (unpaired) electrons. The number of carbonyl (C=O) groups is 3. The highest BCUT2D eigenvalue weighted by atomic mass is 19.4. The second kappa shape index (κ2) is 10.4. The molecule has 0 N–H and O–H groups in total. The van der Waals surface area contributed by atoms with Crippen LogP contribution in [0.25, 0.3) is 0 Å². The van der Waals surface area contributed by atoms with Crippen molar-refractivity contribution in [3.05, 3.63) is 47.2 Å². The number of piperazine rings is 1. The summed E-state index contributed by atoms with van der Waals surface area (Å²) in [5, 5.41) is 0. The average molecular weight is 559 g/mol. The average Bonchev–Trinajstić information content (AvgIpc) is 3.21. The quantitative estimate of drug-likeness (QED) is 0.577. The molecule has 2 atom stereocenters. The van der Waals surface area contributed by atoms with Crippen LogP contribution in [0.15, 0.2) is 30.3 Å². The minimum Gasteiger partial charge on any atom is -0.360 e. The van der Waals surface area contributed by atoms with Gasteiger partial charge in [0.15, 0.2) is 0 Å². The minimum absolute atomic E-state index is 0.0512. The number of benzene rings is 1. The Morgan fingerprint density at radius 2 is 1.75 bits per heavy atom. The molecule has 1 aromatic carbocycles. The number of rotatable bonds is 3. The van der Waals surface area contributed by atoms with Gasteiger partial charge < -0.3 is 19.6 Å². The number of aryl methyl sites for hydroxylation is 2. The lowest BCUT2D eigenvalue weighted by Gasteiger charge is -2.40. The number of carbonyl (C=O) groups excluding carboxylic acids is 3. The Kier molecular flexibility index (Phi) is 7.24. The van der Waals surface area contributed by atoms with E-state index < -0.39 is 35.5 Å². The lowest BCUT2D eigenvalue weighted by Crippen LogP contribution is -2.54. The fraction of sp³-hybridized carbons (Fsp3) is 0.500. The molecule has 0 saturated carbocycles. The van der Waals surface area contributed by atoms with Crippen molar-refractivity contribution in [2.45, 2.75) is 32.5 Å². The fourth-order valence-corrected chi connectivity index (χ4v) is 5.96. The summed E-state index contributed by atoms with van der Waals surface area (Å²) in [4.78, 5) is 53.5. The largest absolute Gasteiger partial charge is 0.416 e. The summed E-state index contributed by atoms with van der Waals surface area (Å²) in [6.07, 6.45) is -4.69. The van der Waals surface area contributed by atoms with E-state index in [1.807, 2.05) is 35.9 Å². The first kappa shape index (κ1) is 27.9. The zero-order valence-electron chi connectivity index (χ0n) is 23.0. The second-order valence-electron chi connectivity index (χ2n) is 10.9. The topological polar surface area (TPSA) is 80.3 Å². The first-order chi connectivity index (χ1) is 18.8. The fourth-order valence-electron chi connectivity index (χ4n) is 5.96. The van der Waals surface area contributed by atoms with Crippen molar-refractivity contribution < 1.29 is 27.6 Å². The van der Waals surface area contributed by atoms with Gasteiger partial charge in [-0.15, -0.1) is 0 Å². The molecule has 2 saturated heterocycles. The smallest absolute Gasteiger partial charge is 0.360 e. The Morgan fingerprint density at radius 1 is 1.05 bits per heavy atom. The SMILES string of the molecule is Cc1cc(C(F)(F)F)cc(N2C(=O)C[C@@H]3CN(CC(=O)N4CCN(C)CC4)c4c(C)cccc4N(C)C(=O)[C@H]32)n1. The van der Waals surface area contributed by atoms with E-state index >= 15 is 0 Å². The maximum Gasteiger partial charge on any atom is 0.416 e. The number of likely N-dealkylation sites (N-methyl/N-ethyl adjacent to an activating group) is 2. The van der Waals surface area contributed by atoms with E-state index in [-0.39, 0.29) is 36.9 Å². The van der Waals surface area contributed by atoms with Crippen molar-refractivity contribution in [2.75, 3.05) is 68.1 Å². The van der Waals surface area contributed by atoms with Crippen molar-refractivity contribution in [3.63, 3.8) is 0 Å². The highest BCUT2D eigenvalue weighted by Crippen LogP contribution is 2.41. The molecule has 1 aromatic heterocycles. The molecule has 9 nitrogen and oxygen atoms in total. The van der Waals surface area contributed by atoms with Crippen LogP contribution in [-0.2, 0) is 20.6 Å². The number of pyridine rings is 1. The van der Waals surface area contributed by atoms with Crippen molar-refractivity contribution in [2.24, 2.45) is 5.92 Å². The third-order valence-corrected chi connectivity index (χ3v) is 8.06. The van der Waals surface area contributed by atoms with Crippen LogP contribution in [0.5, 0.6) is 0 Å². The second-order valence-corrected chi connectivity index (χ2v) is 10.9. The number of halogens is 3. The molecule has 0 spiro atoms. The van der Waals surface area contributed by atoms with Crippen LogP contribution in [-0.4, -0.2) is 91.9 Å². The normalized spacial score (nSPS) is 22.3. The van der Waals surface area contributed by atoms with Crippen LogP contribution in [0.1, 0.15) is 23.2 Å². The van der Waals surface area contributed by atoms with Crippen molar-refractivity contribution in [3.8, 4) is 0 Å². The summed E-state index contributed by atoms with van der Waals surface area (Å²) in [6.45, 7) is 6.37. The van der Waals surface area contributed by atoms with Gasteiger partial charge in [0, 0.05) is 57.8 Å². The van der Waals surface area contributed by atoms with E-state index in [1.165, 1.54) is 11.8 Å². The van der Waals surface area contributed by atoms with Gasteiger partial charge in [0.2, 0.25) is 17.7 Å². The molecule has 0 bridgehead atoms. The summed E-state index contributed by atoms with van der Waals surface area (Å²) < 4.78 is 40.9. The number of hydrogen-bond donors (Lipinski definition) is 0. The van der Waals surface area contributed by atoms with Crippen molar-refractivity contribution >= 4 is 34.9 Å². The van der Waals surface area contributed by atoms with Gasteiger partial charge in [-0.1, -0.05) is 12.1 Å². The minimum atomic E-state index is -4.64. The Balaban J connectivity index is 1.54. The summed E-state index contributed by atoms with van der Waals surface area (Å²) in [6, 6.07) is 6.17. The van der Waals surface area contributed by atoms with Gasteiger partial charge in [0.1, 0.15) is 11.9 Å². The zero-order chi connectivity index (χ0) is 28.9. The van der Waals surface area contributed by atoms with Gasteiger partial charge in [-0.3, -0.25) is 19.3 Å². The van der Waals surface area contributed by atoms with Gasteiger partial charge in [-0.25, -0.2) is 4.98 Å². The molecule has 40 heavy (non-hydrogen) atoms. The van der Waals surface area contributed by atoms with E-state index in [1.54, 1.807) is 13.1 Å². The summed E-state index contributed by atoms with van der Waals surface area (Å²) in [7, 11) is 3.60. The van der Waals surface area contributed by atoms with E-state index in [0.717, 1.165) is 41.4 Å². The molecule has 0 aliphatic carbocycles. The van der Waals surface area contributed by atoms with E-state index in [4.69, 9.17) is 0 Å². The summed E-state index contributed by atoms with van der Waals surface area (Å²) >= 11 is 0. The predicted molar refractivity (Wildman–Crippen MR) is 144 cm³/mol. The monoisotopic (exact) mass is 558 g/mol. The lowest BCUT2D eigenvalue weighted by molar-refractivity contribution is -0.137. The number of anilines is 3. The van der Waals surface area contributed by atoms with Gasteiger partial charge in [0.25, 0.3) is 0 Å². The highest BCUT2D eigenvalue weighted by Gasteiger charge is 2.49. The number of amides is 3. The molecule has 4 heterocycles. The van der Waals surface area contributed by atoms with Gasteiger partial charge in [0.05, 0.1) is 23.5 Å². The summed E-state index contributed by atoms with van der Waals surface area (Å²) in [5.74, 6) is -1.70. The predicted octanol–water partition coefficient (Wildman–Crippen LogP) is 2.70. The van der Waals surface area contributed by atoms with Crippen LogP contribution in [0.3, 0.4) is 0 Å². The van der Waals surface area contributed by atoms with Gasteiger partial charge >= 0.3 is 6.18 Å². The molecule has 12 heteroatoms. The van der Waals surface area contributed by atoms with Crippen molar-refractivity contribution in [1.82, 2.24) is 14.8 Å². The molecular weight excluding hydrogens is 525 g/mol. The molecule has 3 aliphatic rings. The van der Waals surface area contributed by atoms with Crippen molar-refractivity contribution in [1.29, 1.82) is 0 Å². The molecule has 2 aromatic rings. The molecule has 2 fully saturated rings. The number of aromatic nitrogens is 1. The molecule has 214 valence electrons. The number of hydrogen-bond acceptors (Lipinski definition) is 6. The third-order valence-electron chi connectivity index (χ3n) is 8.06. The standard InChI is InChI=1S/C28H33F3N6O3/c1-17-6-5-7-21-25(17)36(16-24(39)35-10-8-33(3)9-11-35)15-19-13-23(38)37(26(19)27(40)34(21)4)22-14-20(28(29,30)31)12-18(2)32-22/h5-7,12,14,19,26H,8-11,13,15-16H2,1-4H3/t19-,26+/m1/s1. The van der Waals surface area contributed by atoms with E-state index in [0.29, 0.717) is 18.8 Å². The lowest BCUT2D eigenvalue weighted by atomic mass is 9.95. The van der Waals surface area contributed by atoms with Crippen LogP contribution >= 0.6 is 0 Å². The zero-order valence-corrected chi connectivity index (χ0v) is 23.0. The van der Waals surface area contributed by atoms with E-state index in [9.17, 15) is 27.6 Å². The number of nitrogens with zero attached hydrogens (tertiary/aromatic N) is 6. The van der Waals surface area contributed by atoms with Crippen LogP contribution in [0, 0.1) is 19.8 Å². The maximum atomic E-state index is 13.9. The number of alkyl halides is 3. The van der Waals surface area contributed by atoms with Crippen LogP contribution < -0.4 is 14.7 Å². The number of para-hydroxylation sites is 1. The Morgan fingerprint density at radius 3 is 2.42 bits per heavy atom. The third kappa shape index (κ3) is 5.12. The Labute approximate surface area is 231 Å². The first-order valence-corrected chi connectivity index (χ1v) is 13.3. The summed E-state index contributed by atoms with van der Waals surface area (Å²) in [5.41, 5.74) is 1.34. The molecule has 3 aliphatic heterocycles. The maximum absolute atomic E-state index is 13.9. The first-order valence-electron chi connectivity index (χ1n) is 13.3. The van der Waals surface area contributed by atoms with Gasteiger partial charge in [-0.2, -0.15) is 13.2 Å². The molecule has 0 unspecified atom stereocenters. The Hall–Kier alpha value is -3.67. The van der Waals surface area contributed by atoms with Crippen LogP contribution in [0.4, 0.5) is 30.4 Å². The van der Waals surface area contributed by atoms with E-state index in [2.05, 4.69) is 9.88 Å². The highest BCUT2D eigenvalue weighted by molar-refractivity contribution is 6.10.